The molecular formula is C10H17NO8. The number of aliphatic carboxylic acids is 1. The predicted molar refractivity (Wildman–Crippen MR) is 58.8 cm³/mol. The number of rotatable bonds is 5. The lowest BCUT2D eigenvalue weighted by Crippen LogP contribution is -2.64. The number of carbonyl (C=O) groups excluding carboxylic acids is 1. The maximum Gasteiger partial charge on any atom is 0.303 e. The van der Waals surface area contributed by atoms with Gasteiger partial charge in [-0.3, -0.25) is 9.59 Å². The van der Waals surface area contributed by atoms with Gasteiger partial charge in [0.2, 0.25) is 5.91 Å². The van der Waals surface area contributed by atoms with Gasteiger partial charge in [0.1, 0.15) is 24.4 Å². The van der Waals surface area contributed by atoms with Crippen LogP contribution in [0.4, 0.5) is 0 Å². The van der Waals surface area contributed by atoms with E-state index in [0.717, 1.165) is 0 Å². The summed E-state index contributed by atoms with van der Waals surface area (Å²) in [5.41, 5.74) is 0. The maximum atomic E-state index is 11.4. The van der Waals surface area contributed by atoms with Crippen LogP contribution >= 0.6 is 0 Å². The smallest absolute Gasteiger partial charge is 0.303 e. The summed E-state index contributed by atoms with van der Waals surface area (Å²) in [7, 11) is 0. The number of carboxylic acids is 1. The molecule has 5 unspecified atom stereocenters. The third-order valence-electron chi connectivity index (χ3n) is 2.79. The van der Waals surface area contributed by atoms with Crippen molar-refractivity contribution in [2.45, 2.75) is 43.5 Å². The Morgan fingerprint density at radius 3 is 2.26 bits per heavy atom. The summed E-state index contributed by atoms with van der Waals surface area (Å²) < 4.78 is 4.82. The summed E-state index contributed by atoms with van der Waals surface area (Å²) >= 11 is 0. The molecule has 1 amide bonds. The lowest BCUT2D eigenvalue weighted by Gasteiger charge is -2.40. The van der Waals surface area contributed by atoms with Crippen molar-refractivity contribution in [1.82, 2.24) is 5.32 Å². The number of aliphatic hydroxyl groups excluding tert-OH is 4. The number of amides is 1. The van der Waals surface area contributed by atoms with Gasteiger partial charge in [-0.1, -0.05) is 0 Å². The topological polar surface area (TPSA) is 157 Å². The molecule has 19 heavy (non-hydrogen) atoms. The third-order valence-corrected chi connectivity index (χ3v) is 2.79. The zero-order chi connectivity index (χ0) is 14.6. The van der Waals surface area contributed by atoms with Crippen molar-refractivity contribution < 1.29 is 39.9 Å². The van der Waals surface area contributed by atoms with Crippen molar-refractivity contribution in [3.8, 4) is 0 Å². The quantitative estimate of drug-likeness (QED) is 0.306. The second-order valence-corrected chi connectivity index (χ2v) is 4.22. The SMILES string of the molecule is O=C(O)CCC(=O)NC1C(O)OC(CO)C(O)C1O. The minimum Gasteiger partial charge on any atom is -0.481 e. The molecule has 1 rings (SSSR count). The monoisotopic (exact) mass is 279 g/mol. The van der Waals surface area contributed by atoms with E-state index in [1.54, 1.807) is 0 Å². The van der Waals surface area contributed by atoms with Crippen LogP contribution in [0.3, 0.4) is 0 Å². The lowest BCUT2D eigenvalue weighted by molar-refractivity contribution is -0.253. The number of nitrogens with one attached hydrogen (secondary N) is 1. The van der Waals surface area contributed by atoms with Crippen molar-refractivity contribution >= 4 is 11.9 Å². The average Bonchev–Trinajstić information content (AvgIpc) is 2.36. The fourth-order valence-electron chi connectivity index (χ4n) is 1.73. The molecular weight excluding hydrogens is 262 g/mol. The number of aliphatic hydroxyl groups is 4. The van der Waals surface area contributed by atoms with E-state index < -0.39 is 55.5 Å². The molecule has 1 saturated heterocycles. The summed E-state index contributed by atoms with van der Waals surface area (Å²) in [6.45, 7) is -0.602. The first-order chi connectivity index (χ1) is 8.86. The van der Waals surface area contributed by atoms with Gasteiger partial charge in [0.05, 0.1) is 13.0 Å². The van der Waals surface area contributed by atoms with Crippen LogP contribution < -0.4 is 5.32 Å². The number of carboxylic acid groups (broad SMARTS) is 1. The van der Waals surface area contributed by atoms with E-state index in [0.29, 0.717) is 0 Å². The highest BCUT2D eigenvalue weighted by atomic mass is 16.6. The molecule has 1 heterocycles. The van der Waals surface area contributed by atoms with Crippen molar-refractivity contribution in [3.63, 3.8) is 0 Å². The zero-order valence-electron chi connectivity index (χ0n) is 9.97. The summed E-state index contributed by atoms with van der Waals surface area (Å²) in [5.74, 6) is -1.86. The fourth-order valence-corrected chi connectivity index (χ4v) is 1.73. The van der Waals surface area contributed by atoms with Gasteiger partial charge >= 0.3 is 5.97 Å². The van der Waals surface area contributed by atoms with Gasteiger partial charge in [-0.25, -0.2) is 0 Å². The third kappa shape index (κ3) is 4.11. The molecule has 0 aromatic heterocycles. The van der Waals surface area contributed by atoms with E-state index in [1.807, 2.05) is 0 Å². The Hall–Kier alpha value is -1.26. The van der Waals surface area contributed by atoms with Crippen molar-refractivity contribution in [2.24, 2.45) is 0 Å². The molecule has 6 N–H and O–H groups in total. The molecule has 0 aliphatic carbocycles. The van der Waals surface area contributed by atoms with Gasteiger partial charge in [-0.15, -0.1) is 0 Å². The summed E-state index contributed by atoms with van der Waals surface area (Å²) in [5, 5.41) is 48.3. The normalized spacial score (nSPS) is 34.8. The van der Waals surface area contributed by atoms with Crippen LogP contribution in [0.1, 0.15) is 12.8 Å². The van der Waals surface area contributed by atoms with Crippen LogP contribution in [0, 0.1) is 0 Å². The van der Waals surface area contributed by atoms with Crippen molar-refractivity contribution in [3.05, 3.63) is 0 Å². The van der Waals surface area contributed by atoms with Crippen LogP contribution in [0.25, 0.3) is 0 Å². The maximum absolute atomic E-state index is 11.4. The zero-order valence-corrected chi connectivity index (χ0v) is 9.97. The molecule has 1 fully saturated rings. The molecule has 9 heteroatoms. The number of hydrogen-bond acceptors (Lipinski definition) is 7. The highest BCUT2D eigenvalue weighted by molar-refractivity contribution is 5.80. The Labute approximate surface area is 108 Å². The highest BCUT2D eigenvalue weighted by Gasteiger charge is 2.44. The van der Waals surface area contributed by atoms with Gasteiger partial charge in [0.25, 0.3) is 0 Å². The lowest BCUT2D eigenvalue weighted by atomic mass is 9.97. The Kier molecular flexibility index (Phi) is 5.63. The van der Waals surface area contributed by atoms with E-state index in [-0.39, 0.29) is 6.42 Å². The molecule has 1 aliphatic rings. The molecule has 0 radical (unpaired) electrons. The van der Waals surface area contributed by atoms with Crippen LogP contribution in [-0.2, 0) is 14.3 Å². The molecule has 0 aromatic carbocycles. The molecule has 5 atom stereocenters. The first-order valence-corrected chi connectivity index (χ1v) is 5.68. The van der Waals surface area contributed by atoms with Crippen LogP contribution in [0.5, 0.6) is 0 Å². The number of carbonyl (C=O) groups is 2. The molecule has 0 saturated carbocycles. The molecule has 9 nitrogen and oxygen atoms in total. The second kappa shape index (κ2) is 6.78. The Balaban J connectivity index is 2.57. The average molecular weight is 279 g/mol. The van der Waals surface area contributed by atoms with Gasteiger partial charge in [0.15, 0.2) is 6.29 Å². The predicted octanol–water partition coefficient (Wildman–Crippen LogP) is -3.23. The van der Waals surface area contributed by atoms with Gasteiger partial charge in [-0.2, -0.15) is 0 Å². The summed E-state index contributed by atoms with van der Waals surface area (Å²) in [6.07, 6.45) is -6.49. The van der Waals surface area contributed by atoms with E-state index in [1.165, 1.54) is 0 Å². The van der Waals surface area contributed by atoms with E-state index in [2.05, 4.69) is 5.32 Å². The summed E-state index contributed by atoms with van der Waals surface area (Å²) in [4.78, 5) is 21.7. The van der Waals surface area contributed by atoms with Crippen molar-refractivity contribution in [1.29, 1.82) is 0 Å². The van der Waals surface area contributed by atoms with Crippen LogP contribution in [0.2, 0.25) is 0 Å². The van der Waals surface area contributed by atoms with Gasteiger partial charge < -0.3 is 35.6 Å². The fraction of sp³-hybridized carbons (Fsp3) is 0.800. The Bertz CT molecular complexity index is 335. The first-order valence-electron chi connectivity index (χ1n) is 5.68. The minimum atomic E-state index is -1.61. The summed E-state index contributed by atoms with van der Waals surface area (Å²) in [6, 6.07) is -1.29. The largest absolute Gasteiger partial charge is 0.481 e. The number of ether oxygens (including phenoxy) is 1. The highest BCUT2D eigenvalue weighted by Crippen LogP contribution is 2.19. The van der Waals surface area contributed by atoms with E-state index in [4.69, 9.17) is 14.9 Å². The Morgan fingerprint density at radius 1 is 1.11 bits per heavy atom. The van der Waals surface area contributed by atoms with Crippen molar-refractivity contribution in [2.75, 3.05) is 6.61 Å². The van der Waals surface area contributed by atoms with E-state index in [9.17, 15) is 24.9 Å². The molecule has 1 aliphatic heterocycles. The molecule has 110 valence electrons. The Morgan fingerprint density at radius 2 is 1.74 bits per heavy atom. The van der Waals surface area contributed by atoms with E-state index >= 15 is 0 Å². The molecule has 0 spiro atoms. The standard InChI is InChI=1S/C10H17NO8/c12-3-4-8(16)9(17)7(10(18)19-4)11-5(13)1-2-6(14)15/h4,7-10,12,16-18H,1-3H2,(H,11,13)(H,14,15). The van der Waals surface area contributed by atoms with Crippen LogP contribution in [0.15, 0.2) is 0 Å². The number of hydrogen-bond donors (Lipinski definition) is 6. The molecule has 0 aromatic rings. The second-order valence-electron chi connectivity index (χ2n) is 4.22. The van der Waals surface area contributed by atoms with Gasteiger partial charge in [0, 0.05) is 6.42 Å². The minimum absolute atomic E-state index is 0.329. The molecule has 0 bridgehead atoms. The first kappa shape index (κ1) is 15.8. The van der Waals surface area contributed by atoms with Gasteiger partial charge in [-0.05, 0) is 0 Å². The van der Waals surface area contributed by atoms with Crippen LogP contribution in [-0.4, -0.2) is 74.7 Å².